The fraction of sp³-hybridized carbons (Fsp3) is 0.333. The van der Waals surface area contributed by atoms with Crippen LogP contribution in [0.15, 0.2) is 60.9 Å². The van der Waals surface area contributed by atoms with Gasteiger partial charge in [-0.2, -0.15) is 0 Å². The summed E-state index contributed by atoms with van der Waals surface area (Å²) in [7, 11) is 0. The van der Waals surface area contributed by atoms with Crippen molar-refractivity contribution in [1.82, 2.24) is 24.6 Å². The largest absolute Gasteiger partial charge is 0.378 e. The van der Waals surface area contributed by atoms with Gasteiger partial charge in [-0.05, 0) is 49.2 Å². The van der Waals surface area contributed by atoms with Crippen LogP contribution in [-0.4, -0.2) is 57.4 Å². The first-order valence-corrected chi connectivity index (χ1v) is 11.2. The molecule has 6 rings (SSSR count). The zero-order valence-electron chi connectivity index (χ0n) is 17.8. The number of morpholine rings is 1. The maximum absolute atomic E-state index is 5.48. The molecule has 162 valence electrons. The highest BCUT2D eigenvalue weighted by molar-refractivity contribution is 5.62. The van der Waals surface area contributed by atoms with Crippen molar-refractivity contribution < 1.29 is 4.74 Å². The first-order chi connectivity index (χ1) is 15.9. The fourth-order valence-corrected chi connectivity index (χ4v) is 4.65. The third-order valence-corrected chi connectivity index (χ3v) is 6.26. The molecule has 8 heteroatoms. The summed E-state index contributed by atoms with van der Waals surface area (Å²) in [4.78, 5) is 18.7. The Morgan fingerprint density at radius 2 is 1.81 bits per heavy atom. The van der Waals surface area contributed by atoms with Crippen LogP contribution in [0.25, 0.3) is 17.0 Å². The minimum atomic E-state index is 0.246. The summed E-state index contributed by atoms with van der Waals surface area (Å²) in [6, 6.07) is 16.6. The van der Waals surface area contributed by atoms with E-state index in [0.717, 1.165) is 80.1 Å². The lowest BCUT2D eigenvalue weighted by Crippen LogP contribution is -2.36. The highest BCUT2D eigenvalue weighted by Crippen LogP contribution is 2.34. The van der Waals surface area contributed by atoms with Crippen molar-refractivity contribution in [2.75, 3.05) is 42.6 Å². The van der Waals surface area contributed by atoms with Gasteiger partial charge in [0.1, 0.15) is 17.3 Å². The number of aromatic nitrogens is 5. The first kappa shape index (κ1) is 19.2. The molecule has 32 heavy (non-hydrogen) atoms. The van der Waals surface area contributed by atoms with E-state index in [1.165, 1.54) is 0 Å². The Bertz CT molecular complexity index is 1220. The molecular weight excluding hydrogens is 402 g/mol. The van der Waals surface area contributed by atoms with Gasteiger partial charge < -0.3 is 14.5 Å². The predicted molar refractivity (Wildman–Crippen MR) is 123 cm³/mol. The highest BCUT2D eigenvalue weighted by Gasteiger charge is 2.28. The van der Waals surface area contributed by atoms with E-state index in [4.69, 9.17) is 14.8 Å². The van der Waals surface area contributed by atoms with Crippen molar-refractivity contribution in [1.29, 1.82) is 0 Å². The summed E-state index contributed by atoms with van der Waals surface area (Å²) >= 11 is 0. The van der Waals surface area contributed by atoms with Crippen LogP contribution in [0.5, 0.6) is 0 Å². The number of nitrogens with zero attached hydrogens (tertiary/aromatic N) is 7. The summed E-state index contributed by atoms with van der Waals surface area (Å²) in [6.07, 6.45) is 5.93. The van der Waals surface area contributed by atoms with Crippen molar-refractivity contribution >= 4 is 17.3 Å². The molecule has 0 spiro atoms. The summed E-state index contributed by atoms with van der Waals surface area (Å²) < 4.78 is 7.39. The molecule has 1 unspecified atom stereocenters. The number of fused-ring (bicyclic) bond motifs is 1. The zero-order valence-corrected chi connectivity index (χ0v) is 17.8. The molecule has 0 saturated carbocycles. The van der Waals surface area contributed by atoms with Crippen molar-refractivity contribution in [2.45, 2.75) is 18.9 Å². The van der Waals surface area contributed by atoms with Gasteiger partial charge in [0.25, 0.3) is 0 Å². The van der Waals surface area contributed by atoms with Crippen LogP contribution in [0.3, 0.4) is 0 Å². The number of pyridine rings is 2. The van der Waals surface area contributed by atoms with Gasteiger partial charge in [0.05, 0.1) is 36.8 Å². The Kier molecular flexibility index (Phi) is 4.92. The van der Waals surface area contributed by atoms with Gasteiger partial charge >= 0.3 is 0 Å². The molecule has 2 fully saturated rings. The molecule has 0 bridgehead atoms. The van der Waals surface area contributed by atoms with E-state index in [-0.39, 0.29) is 6.04 Å². The standard InChI is InChI=1S/C24H25N7O/c1-2-11-25-18(5-1)20-7-4-12-30(20)24-10-9-22-26-17-21(31(22)28-24)19-6-3-8-23(27-19)29-13-15-32-16-14-29/h1-3,5-6,8-11,17,20H,4,7,12-16H2. The molecule has 4 aromatic rings. The van der Waals surface area contributed by atoms with E-state index in [1.54, 1.807) is 0 Å². The highest BCUT2D eigenvalue weighted by atomic mass is 16.5. The maximum Gasteiger partial charge on any atom is 0.154 e. The molecule has 6 heterocycles. The summed E-state index contributed by atoms with van der Waals surface area (Å²) in [5.41, 5.74) is 3.67. The molecule has 0 radical (unpaired) electrons. The van der Waals surface area contributed by atoms with Gasteiger partial charge in [-0.1, -0.05) is 12.1 Å². The van der Waals surface area contributed by atoms with Crippen molar-refractivity contribution in [2.24, 2.45) is 0 Å². The second kappa shape index (κ2) is 8.20. The quantitative estimate of drug-likeness (QED) is 0.494. The molecule has 4 aromatic heterocycles. The van der Waals surface area contributed by atoms with Gasteiger partial charge in [-0.25, -0.2) is 14.5 Å². The third kappa shape index (κ3) is 3.46. The monoisotopic (exact) mass is 427 g/mol. The summed E-state index contributed by atoms with van der Waals surface area (Å²) in [5.74, 6) is 1.90. The van der Waals surface area contributed by atoms with Crippen LogP contribution in [-0.2, 0) is 4.74 Å². The van der Waals surface area contributed by atoms with E-state index in [0.29, 0.717) is 0 Å². The van der Waals surface area contributed by atoms with E-state index >= 15 is 0 Å². The van der Waals surface area contributed by atoms with Crippen LogP contribution in [0.2, 0.25) is 0 Å². The SMILES string of the molecule is c1ccc(C2CCCN2c2ccc3ncc(-c4cccc(N5CCOCC5)n4)n3n2)nc1. The Balaban J connectivity index is 1.36. The van der Waals surface area contributed by atoms with Crippen molar-refractivity contribution in [3.63, 3.8) is 0 Å². The first-order valence-electron chi connectivity index (χ1n) is 11.2. The van der Waals surface area contributed by atoms with E-state index < -0.39 is 0 Å². The van der Waals surface area contributed by atoms with Gasteiger partial charge in [-0.15, -0.1) is 5.10 Å². The normalized spacial score (nSPS) is 19.1. The predicted octanol–water partition coefficient (Wildman–Crippen LogP) is 3.36. The summed E-state index contributed by atoms with van der Waals surface area (Å²) in [6.45, 7) is 4.15. The molecule has 0 amide bonds. The molecule has 2 aliphatic rings. The smallest absolute Gasteiger partial charge is 0.154 e. The fourth-order valence-electron chi connectivity index (χ4n) is 4.65. The van der Waals surface area contributed by atoms with Gasteiger partial charge in [0.15, 0.2) is 5.65 Å². The van der Waals surface area contributed by atoms with Crippen LogP contribution in [0, 0.1) is 0 Å². The van der Waals surface area contributed by atoms with E-state index in [9.17, 15) is 0 Å². The molecule has 8 nitrogen and oxygen atoms in total. The Hall–Kier alpha value is -3.52. The number of hydrogen-bond acceptors (Lipinski definition) is 7. The Morgan fingerprint density at radius 1 is 0.875 bits per heavy atom. The number of ether oxygens (including phenoxy) is 1. The van der Waals surface area contributed by atoms with Crippen LogP contribution in [0.4, 0.5) is 11.6 Å². The topological polar surface area (TPSA) is 71.7 Å². The van der Waals surface area contributed by atoms with Gasteiger partial charge in [0, 0.05) is 25.8 Å². The van der Waals surface area contributed by atoms with E-state index in [1.807, 2.05) is 41.2 Å². The third-order valence-electron chi connectivity index (χ3n) is 6.26. The zero-order chi connectivity index (χ0) is 21.3. The number of hydrogen-bond donors (Lipinski definition) is 0. The average molecular weight is 428 g/mol. The average Bonchev–Trinajstić information content (AvgIpc) is 3.52. The Labute approximate surface area is 186 Å². The lowest BCUT2D eigenvalue weighted by molar-refractivity contribution is 0.122. The maximum atomic E-state index is 5.48. The number of anilines is 2. The minimum Gasteiger partial charge on any atom is -0.378 e. The second-order valence-corrected chi connectivity index (χ2v) is 8.19. The molecule has 0 N–H and O–H groups in total. The molecule has 0 aliphatic carbocycles. The number of rotatable bonds is 4. The summed E-state index contributed by atoms with van der Waals surface area (Å²) in [5, 5.41) is 4.99. The van der Waals surface area contributed by atoms with Crippen molar-refractivity contribution in [3.8, 4) is 11.4 Å². The minimum absolute atomic E-state index is 0.246. The molecular formula is C24H25N7O. The van der Waals surface area contributed by atoms with Crippen LogP contribution < -0.4 is 9.80 Å². The number of imidazole rings is 1. The molecule has 2 saturated heterocycles. The van der Waals surface area contributed by atoms with Crippen LogP contribution >= 0.6 is 0 Å². The molecule has 2 aliphatic heterocycles. The molecule has 0 aromatic carbocycles. The molecule has 1 atom stereocenters. The van der Waals surface area contributed by atoms with Crippen LogP contribution in [0.1, 0.15) is 24.6 Å². The lowest BCUT2D eigenvalue weighted by Gasteiger charge is -2.28. The Morgan fingerprint density at radius 3 is 2.69 bits per heavy atom. The lowest BCUT2D eigenvalue weighted by atomic mass is 10.1. The van der Waals surface area contributed by atoms with Gasteiger partial charge in [-0.3, -0.25) is 4.98 Å². The van der Waals surface area contributed by atoms with E-state index in [2.05, 4.69) is 44.0 Å². The van der Waals surface area contributed by atoms with Crippen molar-refractivity contribution in [3.05, 3.63) is 66.6 Å². The second-order valence-electron chi connectivity index (χ2n) is 8.19. The van der Waals surface area contributed by atoms with Gasteiger partial charge in [0.2, 0.25) is 0 Å².